The molecule has 0 aliphatic heterocycles. The van der Waals surface area contributed by atoms with Gasteiger partial charge in [0.15, 0.2) is 0 Å². The minimum Gasteiger partial charge on any atom is -0.433 e. The summed E-state index contributed by atoms with van der Waals surface area (Å²) in [6, 6.07) is 8.16. The van der Waals surface area contributed by atoms with Gasteiger partial charge in [0.05, 0.1) is 29.5 Å². The van der Waals surface area contributed by atoms with Crippen molar-refractivity contribution < 1.29 is 18.3 Å². The molecule has 1 aromatic carbocycles. The van der Waals surface area contributed by atoms with E-state index in [0.717, 1.165) is 18.4 Å². The number of halogens is 2. The summed E-state index contributed by atoms with van der Waals surface area (Å²) in [4.78, 5) is 31.1. The van der Waals surface area contributed by atoms with Crippen LogP contribution in [0.2, 0.25) is 0 Å². The number of rotatable bonds is 6. The van der Waals surface area contributed by atoms with Crippen molar-refractivity contribution in [3.05, 3.63) is 58.3 Å². The van der Waals surface area contributed by atoms with Gasteiger partial charge >= 0.3 is 12.3 Å². The van der Waals surface area contributed by atoms with Crippen LogP contribution in [0.3, 0.4) is 0 Å². The number of imidazole rings is 1. The van der Waals surface area contributed by atoms with Crippen molar-refractivity contribution >= 4 is 16.9 Å². The van der Waals surface area contributed by atoms with Gasteiger partial charge in [0.1, 0.15) is 5.75 Å². The van der Waals surface area contributed by atoms with Gasteiger partial charge in [-0.05, 0) is 43.2 Å². The lowest BCUT2D eigenvalue weighted by Crippen LogP contribution is -2.23. The Kier molecular flexibility index (Phi) is 4.35. The van der Waals surface area contributed by atoms with Gasteiger partial charge < -0.3 is 15.0 Å². The van der Waals surface area contributed by atoms with Crippen molar-refractivity contribution in [2.75, 3.05) is 0 Å². The number of pyridine rings is 1. The van der Waals surface area contributed by atoms with E-state index in [1.165, 1.54) is 18.3 Å². The average molecular weight is 374 g/mol. The molecule has 1 saturated carbocycles. The molecule has 9 heteroatoms. The summed E-state index contributed by atoms with van der Waals surface area (Å²) >= 11 is 0. The average Bonchev–Trinajstić information content (AvgIpc) is 3.41. The number of carbonyl (C=O) groups excluding carboxylic acids is 1. The lowest BCUT2D eigenvalue weighted by atomic mass is 10.2. The number of fused-ring (bicyclic) bond motifs is 1. The minimum atomic E-state index is -2.91. The van der Waals surface area contributed by atoms with E-state index in [0.29, 0.717) is 16.8 Å². The van der Waals surface area contributed by atoms with E-state index in [-0.39, 0.29) is 29.9 Å². The second kappa shape index (κ2) is 6.82. The van der Waals surface area contributed by atoms with E-state index in [1.54, 1.807) is 22.8 Å². The molecule has 0 atom stereocenters. The number of aromatic nitrogens is 3. The summed E-state index contributed by atoms with van der Waals surface area (Å²) < 4.78 is 30.2. The predicted octanol–water partition coefficient (Wildman–Crippen LogP) is 2.59. The van der Waals surface area contributed by atoms with Gasteiger partial charge in [-0.1, -0.05) is 0 Å². The fourth-order valence-electron chi connectivity index (χ4n) is 2.93. The second-order valence-electron chi connectivity index (χ2n) is 6.31. The highest BCUT2D eigenvalue weighted by atomic mass is 19.3. The molecule has 1 aliphatic rings. The summed E-state index contributed by atoms with van der Waals surface area (Å²) in [5.41, 5.74) is 2.14. The Labute approximate surface area is 152 Å². The van der Waals surface area contributed by atoms with Crippen molar-refractivity contribution in [1.82, 2.24) is 19.9 Å². The summed E-state index contributed by atoms with van der Waals surface area (Å²) in [5, 5.41) is 2.71. The first kappa shape index (κ1) is 17.2. The maximum atomic E-state index is 12.4. The van der Waals surface area contributed by atoms with Gasteiger partial charge in [-0.15, -0.1) is 0 Å². The number of aromatic amines is 1. The van der Waals surface area contributed by atoms with Crippen LogP contribution in [0.1, 0.15) is 34.9 Å². The number of benzene rings is 1. The van der Waals surface area contributed by atoms with Gasteiger partial charge in [0.25, 0.3) is 5.91 Å². The molecule has 0 saturated heterocycles. The molecule has 1 fully saturated rings. The zero-order valence-corrected chi connectivity index (χ0v) is 14.1. The molecule has 4 rings (SSSR count). The fourth-order valence-corrected chi connectivity index (χ4v) is 2.93. The van der Waals surface area contributed by atoms with Gasteiger partial charge in [0.2, 0.25) is 0 Å². The molecule has 0 spiro atoms. The van der Waals surface area contributed by atoms with E-state index < -0.39 is 6.61 Å². The molecule has 2 N–H and O–H groups in total. The molecular formula is C18H16F2N4O3. The molecule has 0 unspecified atom stereocenters. The number of hydrogen-bond donors (Lipinski definition) is 2. The first-order valence-corrected chi connectivity index (χ1v) is 8.43. The van der Waals surface area contributed by atoms with E-state index in [2.05, 4.69) is 20.0 Å². The molecule has 3 aromatic rings. The van der Waals surface area contributed by atoms with Crippen LogP contribution in [0.15, 0.2) is 41.3 Å². The standard InChI is InChI=1S/C18H16F2N4O3/c19-17(20)27-13-5-2-11(21-9-13)8-22-16(25)10-1-6-15-14(7-10)23-18(26)24(15)12-3-4-12/h1-2,5-7,9,12,17H,3-4,8H2,(H,22,25)(H,23,26). The number of H-pyrrole nitrogens is 1. The van der Waals surface area contributed by atoms with Crippen molar-refractivity contribution in [1.29, 1.82) is 0 Å². The van der Waals surface area contributed by atoms with Crippen LogP contribution in [0.25, 0.3) is 11.0 Å². The van der Waals surface area contributed by atoms with Gasteiger partial charge in [-0.2, -0.15) is 8.78 Å². The van der Waals surface area contributed by atoms with Crippen LogP contribution in [-0.4, -0.2) is 27.1 Å². The third kappa shape index (κ3) is 3.67. The molecule has 27 heavy (non-hydrogen) atoms. The normalized spacial score (nSPS) is 13.9. The monoisotopic (exact) mass is 374 g/mol. The number of alkyl halides is 2. The van der Waals surface area contributed by atoms with E-state index in [4.69, 9.17) is 0 Å². The van der Waals surface area contributed by atoms with E-state index >= 15 is 0 Å². The van der Waals surface area contributed by atoms with Crippen LogP contribution in [-0.2, 0) is 6.54 Å². The Morgan fingerprint density at radius 2 is 2.15 bits per heavy atom. The quantitative estimate of drug-likeness (QED) is 0.694. The maximum Gasteiger partial charge on any atom is 0.387 e. The Bertz CT molecular complexity index is 1040. The molecule has 2 heterocycles. The predicted molar refractivity (Wildman–Crippen MR) is 92.9 cm³/mol. The Morgan fingerprint density at radius 1 is 1.33 bits per heavy atom. The summed E-state index contributed by atoms with van der Waals surface area (Å²) in [7, 11) is 0. The number of hydrogen-bond acceptors (Lipinski definition) is 4. The highest BCUT2D eigenvalue weighted by Crippen LogP contribution is 2.35. The third-order valence-electron chi connectivity index (χ3n) is 4.34. The number of nitrogens with one attached hydrogen (secondary N) is 2. The van der Waals surface area contributed by atoms with Crippen molar-refractivity contribution in [2.45, 2.75) is 32.0 Å². The van der Waals surface area contributed by atoms with Gasteiger partial charge in [-0.25, -0.2) is 4.79 Å². The summed E-state index contributed by atoms with van der Waals surface area (Å²) in [6.45, 7) is -2.78. The Hall–Kier alpha value is -3.23. The summed E-state index contributed by atoms with van der Waals surface area (Å²) in [6.07, 6.45) is 3.15. The zero-order valence-electron chi connectivity index (χ0n) is 14.1. The molecule has 2 aromatic heterocycles. The molecule has 1 aliphatic carbocycles. The number of ether oxygens (including phenoxy) is 1. The fraction of sp³-hybridized carbons (Fsp3) is 0.278. The van der Waals surface area contributed by atoms with Gasteiger partial charge in [-0.3, -0.25) is 14.3 Å². The molecule has 140 valence electrons. The first-order valence-electron chi connectivity index (χ1n) is 8.43. The van der Waals surface area contributed by atoms with E-state index in [9.17, 15) is 18.4 Å². The van der Waals surface area contributed by atoms with Crippen LogP contribution in [0.5, 0.6) is 5.75 Å². The minimum absolute atomic E-state index is 0.0466. The van der Waals surface area contributed by atoms with Crippen molar-refractivity contribution in [2.24, 2.45) is 0 Å². The van der Waals surface area contributed by atoms with Crippen molar-refractivity contribution in [3.8, 4) is 5.75 Å². The highest BCUT2D eigenvalue weighted by molar-refractivity contribution is 5.97. The van der Waals surface area contributed by atoms with Crippen LogP contribution in [0.4, 0.5) is 8.78 Å². The first-order chi connectivity index (χ1) is 13.0. The third-order valence-corrected chi connectivity index (χ3v) is 4.34. The lowest BCUT2D eigenvalue weighted by molar-refractivity contribution is -0.0500. The molecule has 0 bridgehead atoms. The number of carbonyl (C=O) groups is 1. The second-order valence-corrected chi connectivity index (χ2v) is 6.31. The zero-order chi connectivity index (χ0) is 19.0. The SMILES string of the molecule is O=C(NCc1ccc(OC(F)F)cn1)c1ccc2c(c1)[nH]c(=O)n2C1CC1. The Balaban J connectivity index is 1.44. The van der Waals surface area contributed by atoms with E-state index in [1.807, 2.05) is 0 Å². The smallest absolute Gasteiger partial charge is 0.387 e. The topological polar surface area (TPSA) is 89.0 Å². The number of amides is 1. The highest BCUT2D eigenvalue weighted by Gasteiger charge is 2.27. The number of nitrogens with zero attached hydrogens (tertiary/aromatic N) is 2. The largest absolute Gasteiger partial charge is 0.433 e. The Morgan fingerprint density at radius 3 is 2.81 bits per heavy atom. The maximum absolute atomic E-state index is 12.4. The van der Waals surface area contributed by atoms with Crippen molar-refractivity contribution in [3.63, 3.8) is 0 Å². The molecule has 1 amide bonds. The molecular weight excluding hydrogens is 358 g/mol. The van der Waals surface area contributed by atoms with Gasteiger partial charge in [0, 0.05) is 11.6 Å². The lowest BCUT2D eigenvalue weighted by Gasteiger charge is -2.07. The summed E-state index contributed by atoms with van der Waals surface area (Å²) in [5.74, 6) is -0.374. The van der Waals surface area contributed by atoms with Crippen LogP contribution >= 0.6 is 0 Å². The van der Waals surface area contributed by atoms with Crippen LogP contribution in [0, 0.1) is 0 Å². The molecule has 0 radical (unpaired) electrons. The van der Waals surface area contributed by atoms with Crippen LogP contribution < -0.4 is 15.7 Å². The molecule has 7 nitrogen and oxygen atoms in total.